The lowest BCUT2D eigenvalue weighted by Gasteiger charge is -2.21. The van der Waals surface area contributed by atoms with Crippen LogP contribution in [0.1, 0.15) is 19.8 Å². The summed E-state index contributed by atoms with van der Waals surface area (Å²) in [4.78, 5) is 0. The fourth-order valence-corrected chi connectivity index (χ4v) is 1.11. The van der Waals surface area contributed by atoms with Gasteiger partial charge in [-0.3, -0.25) is 0 Å². The Morgan fingerprint density at radius 2 is 2.08 bits per heavy atom. The van der Waals surface area contributed by atoms with Gasteiger partial charge in [0.15, 0.2) is 5.67 Å². The summed E-state index contributed by atoms with van der Waals surface area (Å²) >= 11 is 3.26. The van der Waals surface area contributed by atoms with Crippen molar-refractivity contribution in [3.8, 4) is 0 Å². The zero-order valence-corrected chi connectivity index (χ0v) is 9.79. The van der Waals surface area contributed by atoms with Crippen LogP contribution in [0.4, 0.5) is 4.39 Å². The summed E-state index contributed by atoms with van der Waals surface area (Å²) < 4.78 is 18.5. The van der Waals surface area contributed by atoms with E-state index >= 15 is 0 Å². The van der Waals surface area contributed by atoms with Crippen LogP contribution in [0, 0.1) is 0 Å². The number of hydrogen-bond acceptors (Lipinski definition) is 1. The first-order chi connectivity index (χ1) is 5.94. The molecule has 76 valence electrons. The SMILES string of the molecule is C=C(CBr)CCC(C)(F)C(=C)OC. The van der Waals surface area contributed by atoms with Crippen LogP contribution < -0.4 is 0 Å². The average molecular weight is 251 g/mol. The molecule has 0 N–H and O–H groups in total. The molecule has 0 aromatic carbocycles. The van der Waals surface area contributed by atoms with Gasteiger partial charge in [0.05, 0.1) is 7.11 Å². The van der Waals surface area contributed by atoms with Gasteiger partial charge in [0, 0.05) is 5.33 Å². The van der Waals surface area contributed by atoms with Crippen molar-refractivity contribution < 1.29 is 9.13 Å². The largest absolute Gasteiger partial charge is 0.498 e. The van der Waals surface area contributed by atoms with Gasteiger partial charge in [-0.05, 0) is 19.8 Å². The minimum absolute atomic E-state index is 0.176. The smallest absolute Gasteiger partial charge is 0.164 e. The van der Waals surface area contributed by atoms with Gasteiger partial charge in [-0.25, -0.2) is 4.39 Å². The fourth-order valence-electron chi connectivity index (χ4n) is 0.831. The molecular formula is C10H16BrFO. The Hall–Kier alpha value is -0.310. The van der Waals surface area contributed by atoms with Crippen LogP contribution in [0.3, 0.4) is 0 Å². The second-order valence-corrected chi connectivity index (χ2v) is 3.77. The highest BCUT2D eigenvalue weighted by atomic mass is 79.9. The number of hydrogen-bond donors (Lipinski definition) is 0. The molecule has 0 amide bonds. The van der Waals surface area contributed by atoms with E-state index in [1.165, 1.54) is 14.0 Å². The second-order valence-electron chi connectivity index (χ2n) is 3.21. The van der Waals surface area contributed by atoms with Gasteiger partial charge in [-0.1, -0.05) is 34.7 Å². The molecule has 0 aliphatic rings. The van der Waals surface area contributed by atoms with E-state index in [2.05, 4.69) is 29.1 Å². The monoisotopic (exact) mass is 250 g/mol. The Balaban J connectivity index is 4.03. The van der Waals surface area contributed by atoms with Crippen molar-refractivity contribution in [2.45, 2.75) is 25.4 Å². The summed E-state index contributed by atoms with van der Waals surface area (Å²) in [5.74, 6) is 0.176. The van der Waals surface area contributed by atoms with Crippen LogP contribution in [0.15, 0.2) is 24.5 Å². The number of ether oxygens (including phenoxy) is 1. The first-order valence-corrected chi connectivity index (χ1v) is 5.21. The summed E-state index contributed by atoms with van der Waals surface area (Å²) in [6.45, 7) is 8.76. The molecule has 0 spiro atoms. The van der Waals surface area contributed by atoms with Crippen molar-refractivity contribution in [1.29, 1.82) is 0 Å². The predicted molar refractivity (Wildman–Crippen MR) is 57.8 cm³/mol. The van der Waals surface area contributed by atoms with Gasteiger partial charge in [-0.2, -0.15) is 0 Å². The highest BCUT2D eigenvalue weighted by Gasteiger charge is 2.27. The number of methoxy groups -OCH3 is 1. The number of allylic oxidation sites excluding steroid dienone is 2. The molecule has 0 aromatic rings. The van der Waals surface area contributed by atoms with Crippen molar-refractivity contribution in [2.75, 3.05) is 12.4 Å². The summed E-state index contributed by atoms with van der Waals surface area (Å²) in [5, 5.41) is 0.711. The molecule has 0 aromatic heterocycles. The van der Waals surface area contributed by atoms with E-state index < -0.39 is 5.67 Å². The first kappa shape index (κ1) is 12.7. The first-order valence-electron chi connectivity index (χ1n) is 4.09. The Morgan fingerprint density at radius 1 is 1.54 bits per heavy atom. The van der Waals surface area contributed by atoms with Gasteiger partial charge in [0.2, 0.25) is 0 Å². The number of rotatable bonds is 6. The second kappa shape index (κ2) is 5.43. The Labute approximate surface area is 87.8 Å². The van der Waals surface area contributed by atoms with E-state index in [1.807, 2.05) is 0 Å². The van der Waals surface area contributed by atoms with Gasteiger partial charge in [0.1, 0.15) is 5.76 Å². The molecule has 3 heteroatoms. The van der Waals surface area contributed by atoms with Crippen LogP contribution in [-0.2, 0) is 4.74 Å². The van der Waals surface area contributed by atoms with Gasteiger partial charge >= 0.3 is 0 Å². The fraction of sp³-hybridized carbons (Fsp3) is 0.600. The summed E-state index contributed by atoms with van der Waals surface area (Å²) in [5.41, 5.74) is -0.479. The summed E-state index contributed by atoms with van der Waals surface area (Å²) in [7, 11) is 1.43. The molecule has 13 heavy (non-hydrogen) atoms. The maximum Gasteiger partial charge on any atom is 0.164 e. The molecular weight excluding hydrogens is 235 g/mol. The Morgan fingerprint density at radius 3 is 2.46 bits per heavy atom. The quantitative estimate of drug-likeness (QED) is 0.398. The Bertz CT molecular complexity index is 199. The van der Waals surface area contributed by atoms with Crippen LogP contribution in [0.2, 0.25) is 0 Å². The molecule has 0 aliphatic heterocycles. The van der Waals surface area contributed by atoms with Gasteiger partial charge in [0.25, 0.3) is 0 Å². The molecule has 1 atom stereocenters. The predicted octanol–water partition coefficient (Wildman–Crippen LogP) is 3.61. The van der Waals surface area contributed by atoms with Crippen molar-refractivity contribution in [3.63, 3.8) is 0 Å². The van der Waals surface area contributed by atoms with E-state index in [1.54, 1.807) is 0 Å². The van der Waals surface area contributed by atoms with E-state index in [-0.39, 0.29) is 5.76 Å². The third-order valence-electron chi connectivity index (χ3n) is 1.96. The number of alkyl halides is 2. The minimum Gasteiger partial charge on any atom is -0.498 e. The normalized spacial score (nSPS) is 14.8. The lowest BCUT2D eigenvalue weighted by Crippen LogP contribution is -2.21. The lowest BCUT2D eigenvalue weighted by atomic mass is 9.98. The third kappa shape index (κ3) is 4.46. The zero-order valence-electron chi connectivity index (χ0n) is 8.20. The Kier molecular flexibility index (Phi) is 5.30. The molecule has 0 aliphatic carbocycles. The molecule has 0 saturated carbocycles. The topological polar surface area (TPSA) is 9.23 Å². The molecule has 0 heterocycles. The van der Waals surface area contributed by atoms with Gasteiger partial charge in [-0.15, -0.1) is 0 Å². The average Bonchev–Trinajstić information content (AvgIpc) is 2.12. The van der Waals surface area contributed by atoms with E-state index in [0.717, 1.165) is 5.57 Å². The van der Waals surface area contributed by atoms with E-state index in [9.17, 15) is 4.39 Å². The van der Waals surface area contributed by atoms with Crippen molar-refractivity contribution in [2.24, 2.45) is 0 Å². The van der Waals surface area contributed by atoms with Crippen LogP contribution >= 0.6 is 15.9 Å². The van der Waals surface area contributed by atoms with Crippen molar-refractivity contribution in [3.05, 3.63) is 24.5 Å². The van der Waals surface area contributed by atoms with E-state index in [0.29, 0.717) is 18.2 Å². The molecule has 0 rings (SSSR count). The molecule has 0 fully saturated rings. The third-order valence-corrected chi connectivity index (χ3v) is 2.76. The minimum atomic E-state index is -1.46. The van der Waals surface area contributed by atoms with Crippen LogP contribution in [0.25, 0.3) is 0 Å². The summed E-state index contributed by atoms with van der Waals surface area (Å²) in [6, 6.07) is 0. The lowest BCUT2D eigenvalue weighted by molar-refractivity contribution is 0.121. The summed E-state index contributed by atoms with van der Waals surface area (Å²) in [6.07, 6.45) is 1.00. The molecule has 0 saturated heterocycles. The highest BCUT2D eigenvalue weighted by molar-refractivity contribution is 9.09. The van der Waals surface area contributed by atoms with E-state index in [4.69, 9.17) is 4.74 Å². The maximum absolute atomic E-state index is 13.7. The van der Waals surface area contributed by atoms with Gasteiger partial charge < -0.3 is 4.74 Å². The molecule has 1 unspecified atom stereocenters. The standard InChI is InChI=1S/C10H16BrFO/c1-8(7-11)5-6-10(3,12)9(2)13-4/h1-2,5-7H2,3-4H3. The molecule has 0 bridgehead atoms. The van der Waals surface area contributed by atoms with Crippen LogP contribution in [-0.4, -0.2) is 18.1 Å². The van der Waals surface area contributed by atoms with Crippen LogP contribution in [0.5, 0.6) is 0 Å². The van der Waals surface area contributed by atoms with Crippen molar-refractivity contribution in [1.82, 2.24) is 0 Å². The maximum atomic E-state index is 13.7. The zero-order chi connectivity index (χ0) is 10.5. The molecule has 0 radical (unpaired) electrons. The highest BCUT2D eigenvalue weighted by Crippen LogP contribution is 2.27. The van der Waals surface area contributed by atoms with Crippen molar-refractivity contribution >= 4 is 15.9 Å². The molecule has 1 nitrogen and oxygen atoms in total. The number of halogens is 2.